The molecule has 38 heavy (non-hydrogen) atoms. The van der Waals surface area contributed by atoms with Gasteiger partial charge in [0.1, 0.15) is 17.4 Å². The number of hydrogen-bond donors (Lipinski definition) is 3. The van der Waals surface area contributed by atoms with Gasteiger partial charge in [0, 0.05) is 11.7 Å². The minimum Gasteiger partial charge on any atom is -0.494 e. The lowest BCUT2D eigenvalue weighted by Crippen LogP contribution is -2.59. The summed E-state index contributed by atoms with van der Waals surface area (Å²) in [7, 11) is 0. The second kappa shape index (κ2) is 10.5. The van der Waals surface area contributed by atoms with Crippen molar-refractivity contribution >= 4 is 23.4 Å². The molecule has 1 spiro atoms. The van der Waals surface area contributed by atoms with Crippen LogP contribution < -0.4 is 15.4 Å². The third-order valence-electron chi connectivity index (χ3n) is 9.21. The van der Waals surface area contributed by atoms with Crippen molar-refractivity contribution in [2.75, 3.05) is 18.5 Å². The van der Waals surface area contributed by atoms with Crippen molar-refractivity contribution in [1.82, 2.24) is 10.2 Å². The van der Waals surface area contributed by atoms with Gasteiger partial charge < -0.3 is 30.1 Å². The van der Waals surface area contributed by atoms with Crippen molar-refractivity contribution in [3.8, 4) is 5.75 Å². The Kier molecular flexibility index (Phi) is 7.44. The minimum atomic E-state index is -1.09. The van der Waals surface area contributed by atoms with Gasteiger partial charge in [0.25, 0.3) is 0 Å². The molecule has 0 aromatic heterocycles. The van der Waals surface area contributed by atoms with Crippen molar-refractivity contribution in [2.24, 2.45) is 11.8 Å². The van der Waals surface area contributed by atoms with Crippen LogP contribution in [0.1, 0.15) is 72.1 Å². The number of likely N-dealkylation sites (tertiary alicyclic amines) is 1. The summed E-state index contributed by atoms with van der Waals surface area (Å²) < 4.78 is 12.2. The van der Waals surface area contributed by atoms with Crippen LogP contribution in [0.3, 0.4) is 0 Å². The number of rotatable bonds is 9. The van der Waals surface area contributed by atoms with Gasteiger partial charge in [-0.25, -0.2) is 0 Å². The number of anilines is 1. The average Bonchev–Trinajstić information content (AvgIpc) is 3.48. The van der Waals surface area contributed by atoms with Gasteiger partial charge in [-0.3, -0.25) is 14.4 Å². The van der Waals surface area contributed by atoms with E-state index < -0.39 is 35.1 Å². The monoisotopic (exact) mass is 527 g/mol. The Bertz CT molecular complexity index is 1050. The van der Waals surface area contributed by atoms with Crippen LogP contribution in [0.25, 0.3) is 0 Å². The molecule has 1 saturated carbocycles. The zero-order valence-electron chi connectivity index (χ0n) is 22.7. The van der Waals surface area contributed by atoms with Crippen LogP contribution >= 0.6 is 0 Å². The van der Waals surface area contributed by atoms with Gasteiger partial charge in [-0.2, -0.15) is 0 Å². The number of nitrogens with one attached hydrogen (secondary N) is 2. The van der Waals surface area contributed by atoms with E-state index in [1.165, 1.54) is 6.42 Å². The third-order valence-corrected chi connectivity index (χ3v) is 9.21. The maximum absolute atomic E-state index is 14.1. The highest BCUT2D eigenvalue weighted by Crippen LogP contribution is 2.63. The summed E-state index contributed by atoms with van der Waals surface area (Å²) in [4.78, 5) is 43.3. The molecule has 4 fully saturated rings. The predicted molar refractivity (Wildman–Crippen MR) is 141 cm³/mol. The van der Waals surface area contributed by atoms with Crippen molar-refractivity contribution in [3.05, 3.63) is 24.3 Å². The summed E-state index contributed by atoms with van der Waals surface area (Å²) >= 11 is 0. The lowest BCUT2D eigenvalue weighted by molar-refractivity contribution is -0.149. The number of fused-ring (bicyclic) bond motifs is 1. The van der Waals surface area contributed by atoms with E-state index >= 15 is 0 Å². The summed E-state index contributed by atoms with van der Waals surface area (Å²) in [5.41, 5.74) is -1.34. The Morgan fingerprint density at radius 2 is 1.84 bits per heavy atom. The highest BCUT2D eigenvalue weighted by molar-refractivity contribution is 6.02. The first-order valence-electron chi connectivity index (χ1n) is 14.2. The van der Waals surface area contributed by atoms with E-state index in [0.29, 0.717) is 37.3 Å². The van der Waals surface area contributed by atoms with Gasteiger partial charge >= 0.3 is 0 Å². The lowest BCUT2D eigenvalue weighted by Gasteiger charge is -2.37. The summed E-state index contributed by atoms with van der Waals surface area (Å²) in [6.45, 7) is 5.99. The first-order chi connectivity index (χ1) is 18.3. The normalized spacial score (nSPS) is 33.2. The summed E-state index contributed by atoms with van der Waals surface area (Å²) in [6.07, 6.45) is 6.76. The molecule has 6 atom stereocenters. The fraction of sp³-hybridized carbons (Fsp3) is 0.690. The van der Waals surface area contributed by atoms with Gasteiger partial charge in [0.05, 0.1) is 36.7 Å². The molecule has 9 nitrogen and oxygen atoms in total. The first kappa shape index (κ1) is 26.9. The summed E-state index contributed by atoms with van der Waals surface area (Å²) in [6, 6.07) is 5.82. The van der Waals surface area contributed by atoms with E-state index in [0.717, 1.165) is 25.7 Å². The molecule has 3 amide bonds. The standard InChI is InChI=1S/C29H41N3O6/c1-4-20(17-33)32-24(26(35)31-18-9-7-6-8-10-18)29-16-15-28(3,38-29)22(23(29)27(32)36)25(34)30-19-11-13-21(14-12-19)37-5-2/h11-14,18,20,22-24,33H,4-10,15-17H2,1-3H3,(H,30,34)(H,31,35)/t20-,22+,23-,24?,28-,29?/m0/s1. The van der Waals surface area contributed by atoms with Gasteiger partial charge in [-0.05, 0) is 70.2 Å². The quantitative estimate of drug-likeness (QED) is 0.455. The number of aliphatic hydroxyl groups is 1. The lowest BCUT2D eigenvalue weighted by atomic mass is 9.66. The van der Waals surface area contributed by atoms with Gasteiger partial charge in [-0.15, -0.1) is 0 Å². The van der Waals surface area contributed by atoms with Crippen LogP contribution in [0.4, 0.5) is 5.69 Å². The molecule has 5 rings (SSSR count). The highest BCUT2D eigenvalue weighted by Gasteiger charge is 2.78. The Labute approximate surface area is 224 Å². The molecule has 3 N–H and O–H groups in total. The van der Waals surface area contributed by atoms with Crippen molar-refractivity contribution < 1.29 is 29.0 Å². The van der Waals surface area contributed by atoms with Gasteiger partial charge in [0.2, 0.25) is 17.7 Å². The number of amides is 3. The topological polar surface area (TPSA) is 117 Å². The molecular formula is C29H41N3O6. The smallest absolute Gasteiger partial charge is 0.246 e. The summed E-state index contributed by atoms with van der Waals surface area (Å²) in [5.74, 6) is -1.61. The maximum atomic E-state index is 14.1. The fourth-order valence-electron chi connectivity index (χ4n) is 7.42. The van der Waals surface area contributed by atoms with Gasteiger partial charge in [0.15, 0.2) is 0 Å². The van der Waals surface area contributed by atoms with Crippen LogP contribution in [0.5, 0.6) is 5.75 Å². The molecule has 1 aromatic carbocycles. The number of benzene rings is 1. The minimum absolute atomic E-state index is 0.0748. The highest BCUT2D eigenvalue weighted by atomic mass is 16.5. The van der Waals surface area contributed by atoms with Crippen LogP contribution in [0.2, 0.25) is 0 Å². The predicted octanol–water partition coefficient (Wildman–Crippen LogP) is 3.01. The first-order valence-corrected chi connectivity index (χ1v) is 14.2. The number of aliphatic hydroxyl groups excluding tert-OH is 1. The molecule has 2 bridgehead atoms. The van der Waals surface area contributed by atoms with Crippen molar-refractivity contribution in [2.45, 2.75) is 101 Å². The van der Waals surface area contributed by atoms with Gasteiger partial charge in [-0.1, -0.05) is 26.2 Å². The molecule has 4 aliphatic rings. The van der Waals surface area contributed by atoms with Crippen LogP contribution in [-0.4, -0.2) is 70.3 Å². The second-order valence-corrected chi connectivity index (χ2v) is 11.5. The largest absolute Gasteiger partial charge is 0.494 e. The van der Waals surface area contributed by atoms with E-state index in [1.54, 1.807) is 29.2 Å². The number of carbonyl (C=O) groups excluding carboxylic acids is 3. The molecule has 3 aliphatic heterocycles. The van der Waals surface area contributed by atoms with Crippen LogP contribution in [0.15, 0.2) is 24.3 Å². The molecule has 1 aliphatic carbocycles. The molecule has 2 unspecified atom stereocenters. The Hall–Kier alpha value is -2.65. The molecule has 1 aromatic rings. The van der Waals surface area contributed by atoms with Crippen molar-refractivity contribution in [3.63, 3.8) is 0 Å². The van der Waals surface area contributed by atoms with Crippen LogP contribution in [0, 0.1) is 11.8 Å². The van der Waals surface area contributed by atoms with E-state index in [4.69, 9.17) is 9.47 Å². The van der Waals surface area contributed by atoms with Crippen LogP contribution in [-0.2, 0) is 19.1 Å². The molecule has 0 radical (unpaired) electrons. The van der Waals surface area contributed by atoms with E-state index in [9.17, 15) is 19.5 Å². The molecular weight excluding hydrogens is 486 g/mol. The summed E-state index contributed by atoms with van der Waals surface area (Å²) in [5, 5.41) is 16.4. The zero-order valence-corrected chi connectivity index (χ0v) is 22.7. The number of carbonyl (C=O) groups is 3. The molecule has 3 saturated heterocycles. The Morgan fingerprint density at radius 1 is 1.13 bits per heavy atom. The molecule has 9 heteroatoms. The zero-order chi connectivity index (χ0) is 27.1. The SMILES string of the molecule is CCOc1ccc(NC(=O)[C@H]2[C@H]3C(=O)N([C@@H](CC)CO)C(C(=O)NC4CCCCC4)C34CC[C@]2(C)O4)cc1. The second-order valence-electron chi connectivity index (χ2n) is 11.5. The number of nitrogens with zero attached hydrogens (tertiary/aromatic N) is 1. The average molecular weight is 528 g/mol. The number of ether oxygens (including phenoxy) is 2. The molecule has 208 valence electrons. The Balaban J connectivity index is 1.45. The number of hydrogen-bond acceptors (Lipinski definition) is 6. The Morgan fingerprint density at radius 3 is 2.47 bits per heavy atom. The van der Waals surface area contributed by atoms with E-state index in [1.807, 2.05) is 20.8 Å². The maximum Gasteiger partial charge on any atom is 0.246 e. The van der Waals surface area contributed by atoms with Crippen molar-refractivity contribution in [1.29, 1.82) is 0 Å². The van der Waals surface area contributed by atoms with E-state index in [-0.39, 0.29) is 30.4 Å². The van der Waals surface area contributed by atoms with E-state index in [2.05, 4.69) is 10.6 Å². The fourth-order valence-corrected chi connectivity index (χ4v) is 7.42. The molecule has 3 heterocycles. The third kappa shape index (κ3) is 4.37.